The molecule has 0 spiro atoms. The molecule has 0 atom stereocenters. The lowest BCUT2D eigenvalue weighted by molar-refractivity contribution is 0.345. The highest BCUT2D eigenvalue weighted by molar-refractivity contribution is 14.0. The van der Waals surface area contributed by atoms with E-state index in [1.165, 1.54) is 5.56 Å². The van der Waals surface area contributed by atoms with E-state index in [0.29, 0.717) is 12.5 Å². The van der Waals surface area contributed by atoms with Gasteiger partial charge in [0.25, 0.3) is 0 Å². The number of hydrogen-bond donors (Lipinski definition) is 2. The summed E-state index contributed by atoms with van der Waals surface area (Å²) in [7, 11) is 3.76. The second-order valence-corrected chi connectivity index (χ2v) is 5.71. The van der Waals surface area contributed by atoms with Gasteiger partial charge in [-0.15, -0.1) is 24.0 Å². The third-order valence-electron chi connectivity index (χ3n) is 3.78. The van der Waals surface area contributed by atoms with Crippen molar-refractivity contribution in [1.82, 2.24) is 4.90 Å². The Morgan fingerprint density at radius 1 is 1.16 bits per heavy atom. The molecule has 0 aromatic heterocycles. The van der Waals surface area contributed by atoms with E-state index >= 15 is 0 Å². The number of hydrogen-bond acceptors (Lipinski definition) is 3. The Morgan fingerprint density at radius 2 is 1.84 bits per heavy atom. The molecule has 136 valence electrons. The van der Waals surface area contributed by atoms with Crippen LogP contribution in [0.25, 0.3) is 0 Å². The molecule has 0 radical (unpaired) electrons. The third-order valence-corrected chi connectivity index (χ3v) is 3.78. The van der Waals surface area contributed by atoms with Gasteiger partial charge in [0.05, 0.1) is 13.7 Å². The smallest absolute Gasteiger partial charge is 0.193 e. The van der Waals surface area contributed by atoms with Gasteiger partial charge in [0.15, 0.2) is 5.96 Å². The van der Waals surface area contributed by atoms with Gasteiger partial charge in [-0.3, -0.25) is 0 Å². The highest BCUT2D eigenvalue weighted by atomic mass is 127. The van der Waals surface area contributed by atoms with Crippen LogP contribution in [0.1, 0.15) is 18.1 Å². The Hall–Kier alpha value is -1.80. The number of rotatable bonds is 7. The number of aliphatic imine (C=N–C) groups is 1. The maximum absolute atomic E-state index is 5.96. The second-order valence-electron chi connectivity index (χ2n) is 5.71. The molecule has 0 aliphatic rings. The predicted octanol–water partition coefficient (Wildman–Crippen LogP) is 3.69. The van der Waals surface area contributed by atoms with Crippen LogP contribution >= 0.6 is 24.0 Å². The lowest BCUT2D eigenvalue weighted by atomic mass is 10.1. The first kappa shape index (κ1) is 21.2. The average molecular weight is 454 g/mol. The molecule has 25 heavy (non-hydrogen) atoms. The van der Waals surface area contributed by atoms with Crippen molar-refractivity contribution >= 4 is 35.6 Å². The van der Waals surface area contributed by atoms with Crippen molar-refractivity contribution in [3.8, 4) is 5.75 Å². The largest absolute Gasteiger partial charge is 0.497 e. The summed E-state index contributed by atoms with van der Waals surface area (Å²) in [5.74, 6) is 1.21. The highest BCUT2D eigenvalue weighted by Crippen LogP contribution is 2.15. The number of nitrogens with one attached hydrogen (secondary N) is 1. The predicted molar refractivity (Wildman–Crippen MR) is 116 cm³/mol. The molecule has 0 heterocycles. The summed E-state index contributed by atoms with van der Waals surface area (Å²) in [6.07, 6.45) is 0. The molecule has 0 saturated heterocycles. The topological polar surface area (TPSA) is 62.9 Å². The van der Waals surface area contributed by atoms with E-state index in [9.17, 15) is 0 Å². The number of nitrogens with two attached hydrogens (primary N) is 1. The van der Waals surface area contributed by atoms with Gasteiger partial charge in [-0.05, 0) is 49.0 Å². The summed E-state index contributed by atoms with van der Waals surface area (Å²) in [6.45, 7) is 4.67. The lowest BCUT2D eigenvalue weighted by Crippen LogP contribution is -2.22. The SMILES string of the molecule is CCN(C)Cc1cccc(CN=C(N)Nc2ccc(OC)cc2)c1.I. The Labute approximate surface area is 167 Å². The van der Waals surface area contributed by atoms with Crippen molar-refractivity contribution in [1.29, 1.82) is 0 Å². The lowest BCUT2D eigenvalue weighted by Gasteiger charge is -2.14. The number of ether oxygens (including phenoxy) is 1. The van der Waals surface area contributed by atoms with Crippen LogP contribution in [0, 0.1) is 0 Å². The van der Waals surface area contributed by atoms with Gasteiger partial charge in [-0.1, -0.05) is 31.2 Å². The van der Waals surface area contributed by atoms with Crippen molar-refractivity contribution in [3.05, 3.63) is 59.7 Å². The Bertz CT molecular complexity index is 673. The summed E-state index contributed by atoms with van der Waals surface area (Å²) in [6, 6.07) is 16.0. The number of anilines is 1. The van der Waals surface area contributed by atoms with Gasteiger partial charge >= 0.3 is 0 Å². The maximum atomic E-state index is 5.96. The van der Waals surface area contributed by atoms with E-state index in [4.69, 9.17) is 10.5 Å². The van der Waals surface area contributed by atoms with E-state index in [1.807, 2.05) is 24.3 Å². The van der Waals surface area contributed by atoms with Gasteiger partial charge in [-0.25, -0.2) is 4.99 Å². The molecule has 0 aliphatic carbocycles. The molecule has 0 unspecified atom stereocenters. The van der Waals surface area contributed by atoms with Crippen molar-refractivity contribution in [2.75, 3.05) is 26.0 Å². The molecule has 0 aliphatic heterocycles. The van der Waals surface area contributed by atoms with Gasteiger partial charge in [-0.2, -0.15) is 0 Å². The van der Waals surface area contributed by atoms with Crippen molar-refractivity contribution < 1.29 is 4.74 Å². The zero-order valence-corrected chi connectivity index (χ0v) is 17.4. The molecule has 0 saturated carbocycles. The summed E-state index contributed by atoms with van der Waals surface area (Å²) in [4.78, 5) is 6.68. The number of nitrogens with zero attached hydrogens (tertiary/aromatic N) is 2. The minimum absolute atomic E-state index is 0. The fourth-order valence-corrected chi connectivity index (χ4v) is 2.29. The molecule has 6 heteroatoms. The maximum Gasteiger partial charge on any atom is 0.193 e. The highest BCUT2D eigenvalue weighted by Gasteiger charge is 2.00. The van der Waals surface area contributed by atoms with Crippen LogP contribution < -0.4 is 15.8 Å². The fraction of sp³-hybridized carbons (Fsp3) is 0.316. The zero-order chi connectivity index (χ0) is 17.4. The van der Waals surface area contributed by atoms with Crippen molar-refractivity contribution in [2.24, 2.45) is 10.7 Å². The van der Waals surface area contributed by atoms with E-state index < -0.39 is 0 Å². The van der Waals surface area contributed by atoms with E-state index in [1.54, 1.807) is 7.11 Å². The molecule has 0 amide bonds. The quantitative estimate of drug-likeness (QED) is 0.381. The summed E-state index contributed by atoms with van der Waals surface area (Å²) in [5.41, 5.74) is 9.28. The summed E-state index contributed by atoms with van der Waals surface area (Å²) >= 11 is 0. The molecule has 2 aromatic rings. The van der Waals surface area contributed by atoms with Crippen LogP contribution in [-0.4, -0.2) is 31.6 Å². The van der Waals surface area contributed by atoms with Gasteiger partial charge in [0, 0.05) is 12.2 Å². The van der Waals surface area contributed by atoms with Crippen molar-refractivity contribution in [3.63, 3.8) is 0 Å². The van der Waals surface area contributed by atoms with Crippen LogP contribution in [0.5, 0.6) is 5.75 Å². The first-order chi connectivity index (χ1) is 11.6. The van der Waals surface area contributed by atoms with Crippen molar-refractivity contribution in [2.45, 2.75) is 20.0 Å². The van der Waals surface area contributed by atoms with Crippen LogP contribution in [0.3, 0.4) is 0 Å². The van der Waals surface area contributed by atoms with Crippen LogP contribution in [-0.2, 0) is 13.1 Å². The summed E-state index contributed by atoms with van der Waals surface area (Å²) in [5, 5.41) is 3.08. The van der Waals surface area contributed by atoms with E-state index in [0.717, 1.165) is 30.1 Å². The average Bonchev–Trinajstić information content (AvgIpc) is 2.61. The van der Waals surface area contributed by atoms with E-state index in [-0.39, 0.29) is 24.0 Å². The third kappa shape index (κ3) is 7.31. The molecular weight excluding hydrogens is 427 g/mol. The Balaban J connectivity index is 0.00000312. The first-order valence-electron chi connectivity index (χ1n) is 8.08. The van der Waals surface area contributed by atoms with Gasteiger partial charge in [0.1, 0.15) is 5.75 Å². The normalized spacial score (nSPS) is 11.1. The van der Waals surface area contributed by atoms with Crippen LogP contribution in [0.2, 0.25) is 0 Å². The molecular formula is C19H27IN4O. The number of benzene rings is 2. The molecule has 2 aromatic carbocycles. The molecule has 0 bridgehead atoms. The number of guanidine groups is 1. The number of halogens is 1. The molecule has 3 N–H and O–H groups in total. The standard InChI is InChI=1S/C19H26N4O.HI/c1-4-23(2)14-16-7-5-6-15(12-16)13-21-19(20)22-17-8-10-18(24-3)11-9-17;/h5-12H,4,13-14H2,1-3H3,(H3,20,21,22);1H. The minimum atomic E-state index is 0. The molecule has 5 nitrogen and oxygen atoms in total. The Morgan fingerprint density at radius 3 is 2.48 bits per heavy atom. The van der Waals surface area contributed by atoms with Crippen LogP contribution in [0.4, 0.5) is 5.69 Å². The monoisotopic (exact) mass is 454 g/mol. The Kier molecular flexibility index (Phi) is 9.30. The summed E-state index contributed by atoms with van der Waals surface area (Å²) < 4.78 is 5.13. The van der Waals surface area contributed by atoms with Gasteiger partial charge in [0.2, 0.25) is 0 Å². The second kappa shape index (κ2) is 10.9. The minimum Gasteiger partial charge on any atom is -0.497 e. The first-order valence-corrected chi connectivity index (χ1v) is 8.08. The molecule has 0 fully saturated rings. The number of methoxy groups -OCH3 is 1. The zero-order valence-electron chi connectivity index (χ0n) is 15.0. The fourth-order valence-electron chi connectivity index (χ4n) is 2.29. The van der Waals surface area contributed by atoms with Gasteiger partial charge < -0.3 is 20.7 Å². The van der Waals surface area contributed by atoms with Crippen LogP contribution in [0.15, 0.2) is 53.5 Å². The van der Waals surface area contributed by atoms with E-state index in [2.05, 4.69) is 53.4 Å². The molecule has 2 rings (SSSR count).